The number of nitrogens with one attached hydrogen (secondary N) is 1. The molecule has 0 spiro atoms. The number of anilines is 2. The molecule has 3 aromatic carbocycles. The lowest BCUT2D eigenvalue weighted by Gasteiger charge is -2.35. The van der Waals surface area contributed by atoms with Gasteiger partial charge in [0.05, 0.1) is 23.0 Å². The smallest absolute Gasteiger partial charge is 0.384 e. The fourth-order valence-electron chi connectivity index (χ4n) is 5.11. The van der Waals surface area contributed by atoms with Gasteiger partial charge in [-0.25, -0.2) is 9.40 Å². The minimum Gasteiger partial charge on any atom is -0.385 e. The van der Waals surface area contributed by atoms with Crippen LogP contribution >= 0.6 is 0 Å². The van der Waals surface area contributed by atoms with Crippen LogP contribution in [0.4, 0.5) is 11.4 Å². The molecule has 4 heteroatoms. The molecule has 0 amide bonds. The third-order valence-electron chi connectivity index (χ3n) is 6.25. The van der Waals surface area contributed by atoms with Crippen LogP contribution in [0.1, 0.15) is 30.9 Å². The van der Waals surface area contributed by atoms with E-state index in [4.69, 9.17) is 9.40 Å². The average Bonchev–Trinajstić information content (AvgIpc) is 2.74. The first-order valence-electron chi connectivity index (χ1n) is 10.5. The lowest BCUT2D eigenvalue weighted by molar-refractivity contribution is 0.612. The van der Waals surface area contributed by atoms with E-state index in [1.54, 1.807) is 0 Å². The van der Waals surface area contributed by atoms with Crippen molar-refractivity contribution in [3.63, 3.8) is 0 Å². The van der Waals surface area contributed by atoms with Crippen LogP contribution < -0.4 is 10.2 Å². The zero-order valence-electron chi connectivity index (χ0n) is 16.2. The minimum atomic E-state index is 0.867. The molecular weight excluding hydrogens is 346 g/mol. The van der Waals surface area contributed by atoms with Crippen molar-refractivity contribution >= 4 is 44.3 Å². The van der Waals surface area contributed by atoms with E-state index in [1.165, 1.54) is 48.1 Å². The van der Waals surface area contributed by atoms with E-state index in [-0.39, 0.29) is 0 Å². The fourth-order valence-corrected chi connectivity index (χ4v) is 5.11. The summed E-state index contributed by atoms with van der Waals surface area (Å²) in [5.41, 5.74) is 9.18. The SMILES string of the molecule is CCNc1cc2[o+]c3c4c5c(cc3nc2c2ccccc12)CCCN5CCC4. The molecule has 0 saturated heterocycles. The maximum atomic E-state index is 6.58. The van der Waals surface area contributed by atoms with Crippen LogP contribution in [0.25, 0.3) is 33.0 Å². The molecule has 0 unspecified atom stereocenters. The van der Waals surface area contributed by atoms with Gasteiger partial charge in [-0.1, -0.05) is 24.3 Å². The van der Waals surface area contributed by atoms with Crippen molar-refractivity contribution in [1.29, 1.82) is 0 Å². The second-order valence-corrected chi connectivity index (χ2v) is 7.97. The molecule has 140 valence electrons. The molecule has 0 fully saturated rings. The van der Waals surface area contributed by atoms with E-state index < -0.39 is 0 Å². The van der Waals surface area contributed by atoms with Crippen molar-refractivity contribution in [2.75, 3.05) is 29.9 Å². The van der Waals surface area contributed by atoms with Gasteiger partial charge in [-0.05, 0) is 44.2 Å². The highest BCUT2D eigenvalue weighted by Gasteiger charge is 2.31. The number of fused-ring (bicyclic) bond motifs is 5. The highest BCUT2D eigenvalue weighted by Crippen LogP contribution is 2.41. The summed E-state index contributed by atoms with van der Waals surface area (Å²) in [6.45, 7) is 5.34. The molecule has 1 aromatic heterocycles. The third kappa shape index (κ3) is 2.24. The lowest BCUT2D eigenvalue weighted by atomic mass is 9.91. The number of hydrogen-bond donors (Lipinski definition) is 1. The normalized spacial score (nSPS) is 16.0. The molecule has 28 heavy (non-hydrogen) atoms. The van der Waals surface area contributed by atoms with Crippen molar-refractivity contribution < 1.29 is 4.42 Å². The van der Waals surface area contributed by atoms with Crippen LogP contribution in [0.2, 0.25) is 0 Å². The van der Waals surface area contributed by atoms with E-state index in [2.05, 4.69) is 53.5 Å². The van der Waals surface area contributed by atoms with E-state index in [0.29, 0.717) is 0 Å². The van der Waals surface area contributed by atoms with Gasteiger partial charge in [-0.15, -0.1) is 0 Å². The summed E-state index contributed by atoms with van der Waals surface area (Å²) in [5.74, 6) is 0. The number of rotatable bonds is 2. The predicted molar refractivity (Wildman–Crippen MR) is 116 cm³/mol. The van der Waals surface area contributed by atoms with Gasteiger partial charge in [-0.3, -0.25) is 0 Å². The Hall–Kier alpha value is -2.88. The van der Waals surface area contributed by atoms with E-state index in [9.17, 15) is 0 Å². The maximum absolute atomic E-state index is 6.58. The fraction of sp³-hybridized carbons (Fsp3) is 0.333. The Morgan fingerprint density at radius 3 is 2.75 bits per heavy atom. The molecule has 3 heterocycles. The molecule has 2 aliphatic heterocycles. The van der Waals surface area contributed by atoms with Crippen molar-refractivity contribution in [3.8, 4) is 0 Å². The Morgan fingerprint density at radius 1 is 1.07 bits per heavy atom. The molecule has 0 bridgehead atoms. The summed E-state index contributed by atoms with van der Waals surface area (Å²) >= 11 is 0. The van der Waals surface area contributed by atoms with Gasteiger partial charge in [0, 0.05) is 30.4 Å². The Bertz CT molecular complexity index is 1250. The largest absolute Gasteiger partial charge is 0.385 e. The zero-order valence-corrected chi connectivity index (χ0v) is 16.2. The number of benzene rings is 3. The van der Waals surface area contributed by atoms with Crippen LogP contribution in [0.15, 0.2) is 40.8 Å². The summed E-state index contributed by atoms with van der Waals surface area (Å²) in [7, 11) is 0. The summed E-state index contributed by atoms with van der Waals surface area (Å²) in [6, 6.07) is 12.9. The van der Waals surface area contributed by atoms with Crippen LogP contribution in [-0.2, 0) is 12.8 Å². The van der Waals surface area contributed by atoms with Gasteiger partial charge in [0.25, 0.3) is 0 Å². The van der Waals surface area contributed by atoms with Crippen molar-refractivity contribution in [2.24, 2.45) is 0 Å². The number of hydrogen-bond acceptors (Lipinski definition) is 3. The average molecular weight is 370 g/mol. The second-order valence-electron chi connectivity index (χ2n) is 7.97. The van der Waals surface area contributed by atoms with Gasteiger partial charge in [0.2, 0.25) is 0 Å². The third-order valence-corrected chi connectivity index (χ3v) is 6.25. The molecule has 4 aromatic rings. The minimum absolute atomic E-state index is 0.867. The standard InChI is InChI=1S/C24H24N3O/c1-2-25-19-14-21-22(17-9-4-3-8-16(17)19)26-20-13-15-7-5-11-27-12-6-10-18(23(15)27)24(20)28-21/h3-4,8-9,13-14,25H,2,5-7,10-12H2,1H3/q+1. The van der Waals surface area contributed by atoms with E-state index >= 15 is 0 Å². The first kappa shape index (κ1) is 16.1. The molecule has 6 rings (SSSR count). The first-order chi connectivity index (χ1) is 13.8. The van der Waals surface area contributed by atoms with E-state index in [0.717, 1.165) is 52.7 Å². The summed E-state index contributed by atoms with van der Waals surface area (Å²) in [5, 5.41) is 5.84. The maximum Gasteiger partial charge on any atom is 0.384 e. The van der Waals surface area contributed by atoms with E-state index in [1.807, 2.05) is 0 Å². The van der Waals surface area contributed by atoms with Crippen LogP contribution in [0.5, 0.6) is 0 Å². The van der Waals surface area contributed by atoms with Gasteiger partial charge in [0.1, 0.15) is 0 Å². The Balaban J connectivity index is 1.72. The number of aryl methyl sites for hydroxylation is 2. The van der Waals surface area contributed by atoms with Crippen molar-refractivity contribution in [1.82, 2.24) is 4.98 Å². The van der Waals surface area contributed by atoms with Gasteiger partial charge < -0.3 is 10.2 Å². The molecule has 0 atom stereocenters. The second kappa shape index (κ2) is 6.06. The monoisotopic (exact) mass is 370 g/mol. The molecule has 1 N–H and O–H groups in total. The van der Waals surface area contributed by atoms with Crippen LogP contribution in [-0.4, -0.2) is 24.6 Å². The zero-order chi connectivity index (χ0) is 18.7. The molecule has 0 radical (unpaired) electrons. The highest BCUT2D eigenvalue weighted by molar-refractivity contribution is 6.11. The molecule has 4 nitrogen and oxygen atoms in total. The molecule has 0 saturated carbocycles. The first-order valence-corrected chi connectivity index (χ1v) is 10.5. The van der Waals surface area contributed by atoms with Crippen LogP contribution in [0, 0.1) is 0 Å². The topological polar surface area (TPSA) is 39.5 Å². The summed E-state index contributed by atoms with van der Waals surface area (Å²) in [4.78, 5) is 7.69. The summed E-state index contributed by atoms with van der Waals surface area (Å²) < 4.78 is 6.58. The van der Waals surface area contributed by atoms with Crippen LogP contribution in [0.3, 0.4) is 0 Å². The molecular formula is C24H24N3O+. The van der Waals surface area contributed by atoms with Gasteiger partial charge >= 0.3 is 11.2 Å². The number of nitrogens with zero attached hydrogens (tertiary/aromatic N) is 2. The Kier molecular flexibility index (Phi) is 3.49. The Labute approximate surface area is 164 Å². The Morgan fingerprint density at radius 2 is 1.89 bits per heavy atom. The quantitative estimate of drug-likeness (QED) is 0.285. The molecule has 0 aliphatic carbocycles. The lowest BCUT2D eigenvalue weighted by Crippen LogP contribution is -2.34. The summed E-state index contributed by atoms with van der Waals surface area (Å²) in [6.07, 6.45) is 4.66. The number of aromatic nitrogens is 1. The molecule has 2 aliphatic rings. The highest BCUT2D eigenvalue weighted by atomic mass is 16.3. The van der Waals surface area contributed by atoms with Crippen molar-refractivity contribution in [3.05, 3.63) is 47.5 Å². The predicted octanol–water partition coefficient (Wildman–Crippen LogP) is 5.55. The van der Waals surface area contributed by atoms with Gasteiger partial charge in [0.15, 0.2) is 11.0 Å². The van der Waals surface area contributed by atoms with Gasteiger partial charge in [-0.2, -0.15) is 0 Å². The van der Waals surface area contributed by atoms with Crippen molar-refractivity contribution in [2.45, 2.75) is 32.6 Å².